The van der Waals surface area contributed by atoms with Crippen LogP contribution in [0.5, 0.6) is 0 Å². The molecule has 1 amide bonds. The third-order valence-electron chi connectivity index (χ3n) is 4.31. The first-order chi connectivity index (χ1) is 12.2. The van der Waals surface area contributed by atoms with Crippen LogP contribution in [0.1, 0.15) is 25.3 Å². The number of halogens is 2. The molecule has 2 rings (SSSR count). The second-order valence-corrected chi connectivity index (χ2v) is 9.37. The Balaban J connectivity index is 2.04. The molecule has 1 saturated heterocycles. The summed E-state index contributed by atoms with van der Waals surface area (Å²) in [4.78, 5) is 12.4. The maximum atomic E-state index is 12.8. The van der Waals surface area contributed by atoms with Gasteiger partial charge in [0.2, 0.25) is 15.9 Å². The summed E-state index contributed by atoms with van der Waals surface area (Å²) in [5.41, 5.74) is 0.497. The summed E-state index contributed by atoms with van der Waals surface area (Å²) in [7, 11) is -2.01. The van der Waals surface area contributed by atoms with Crippen molar-refractivity contribution in [1.82, 2.24) is 9.62 Å². The molecule has 1 N–H and O–H groups in total. The lowest BCUT2D eigenvalue weighted by Gasteiger charge is -2.32. The Kier molecular flexibility index (Phi) is 7.73. The number of hydrogen-bond donors (Lipinski definition) is 1. The Labute approximate surface area is 164 Å². The molecule has 0 spiro atoms. The summed E-state index contributed by atoms with van der Waals surface area (Å²) in [5, 5.41) is 3.64. The van der Waals surface area contributed by atoms with Crippen LogP contribution in [0.15, 0.2) is 18.2 Å². The Morgan fingerprint density at radius 2 is 2.15 bits per heavy atom. The van der Waals surface area contributed by atoms with Crippen LogP contribution in [0, 0.1) is 5.92 Å². The fourth-order valence-electron chi connectivity index (χ4n) is 2.99. The lowest BCUT2D eigenvalue weighted by atomic mass is 9.98. The molecule has 9 heteroatoms. The van der Waals surface area contributed by atoms with Gasteiger partial charge in [-0.2, -0.15) is 0 Å². The van der Waals surface area contributed by atoms with Gasteiger partial charge in [0.25, 0.3) is 0 Å². The first-order valence-electron chi connectivity index (χ1n) is 8.44. The molecule has 0 bridgehead atoms. The van der Waals surface area contributed by atoms with E-state index in [1.807, 2.05) is 6.92 Å². The molecule has 0 aliphatic carbocycles. The van der Waals surface area contributed by atoms with Crippen LogP contribution in [0.4, 0.5) is 0 Å². The van der Waals surface area contributed by atoms with Crippen LogP contribution >= 0.6 is 23.2 Å². The molecule has 0 aromatic heterocycles. The number of nitrogens with one attached hydrogen (secondary N) is 1. The molecular weight excluding hydrogens is 399 g/mol. The molecule has 0 unspecified atom stereocenters. The highest BCUT2D eigenvalue weighted by Gasteiger charge is 2.33. The third kappa shape index (κ3) is 5.82. The van der Waals surface area contributed by atoms with Gasteiger partial charge in [0.05, 0.1) is 18.3 Å². The predicted molar refractivity (Wildman–Crippen MR) is 103 cm³/mol. The number of ether oxygens (including phenoxy) is 1. The summed E-state index contributed by atoms with van der Waals surface area (Å²) in [6.07, 6.45) is 1.31. The summed E-state index contributed by atoms with van der Waals surface area (Å²) in [6.45, 7) is 2.85. The van der Waals surface area contributed by atoms with Crippen LogP contribution in [0.2, 0.25) is 10.0 Å². The molecule has 1 aliphatic rings. The van der Waals surface area contributed by atoms with E-state index in [1.165, 1.54) is 10.4 Å². The van der Waals surface area contributed by atoms with Crippen LogP contribution in [-0.4, -0.2) is 51.5 Å². The van der Waals surface area contributed by atoms with Crippen LogP contribution in [-0.2, 0) is 25.3 Å². The SMILES string of the molecule is COC[C@H](C)NC(=O)[C@H]1CCCN(S(=O)(=O)Cc2ccc(Cl)cc2Cl)C1. The van der Waals surface area contributed by atoms with Crippen molar-refractivity contribution in [2.75, 3.05) is 26.8 Å². The third-order valence-corrected chi connectivity index (χ3v) is 6.69. The van der Waals surface area contributed by atoms with E-state index >= 15 is 0 Å². The lowest BCUT2D eigenvalue weighted by molar-refractivity contribution is -0.127. The van der Waals surface area contributed by atoms with Gasteiger partial charge >= 0.3 is 0 Å². The second-order valence-electron chi connectivity index (χ2n) is 6.55. The highest BCUT2D eigenvalue weighted by molar-refractivity contribution is 7.88. The molecule has 1 aromatic carbocycles. The van der Waals surface area contributed by atoms with Crippen molar-refractivity contribution in [3.05, 3.63) is 33.8 Å². The average molecular weight is 423 g/mol. The molecular formula is C17H24Cl2N2O4S. The van der Waals surface area contributed by atoms with Crippen molar-refractivity contribution in [3.8, 4) is 0 Å². The average Bonchev–Trinajstić information content (AvgIpc) is 2.57. The van der Waals surface area contributed by atoms with E-state index in [9.17, 15) is 13.2 Å². The van der Waals surface area contributed by atoms with Gasteiger partial charge in [-0.15, -0.1) is 0 Å². The fraction of sp³-hybridized carbons (Fsp3) is 0.588. The van der Waals surface area contributed by atoms with Gasteiger partial charge in [0, 0.05) is 36.3 Å². The number of piperidine rings is 1. The van der Waals surface area contributed by atoms with Gasteiger partial charge in [0.1, 0.15) is 0 Å². The Morgan fingerprint density at radius 1 is 1.42 bits per heavy atom. The van der Waals surface area contributed by atoms with Gasteiger partial charge in [0.15, 0.2) is 0 Å². The van der Waals surface area contributed by atoms with E-state index in [-0.39, 0.29) is 30.2 Å². The highest BCUT2D eigenvalue weighted by atomic mass is 35.5. The smallest absolute Gasteiger partial charge is 0.224 e. The standard InChI is InChI=1S/C17H24Cl2N2O4S/c1-12(10-25-2)20-17(22)13-4-3-7-21(9-13)26(23,24)11-14-5-6-15(18)8-16(14)19/h5-6,8,12-13H,3-4,7,9-11H2,1-2H3,(H,20,22)/t12-,13-/m0/s1. The van der Waals surface area contributed by atoms with Crippen molar-refractivity contribution in [2.24, 2.45) is 5.92 Å². The van der Waals surface area contributed by atoms with E-state index in [4.69, 9.17) is 27.9 Å². The molecule has 1 aromatic rings. The Bertz CT molecular complexity index is 742. The molecule has 0 saturated carbocycles. The molecule has 6 nitrogen and oxygen atoms in total. The van der Waals surface area contributed by atoms with Crippen molar-refractivity contribution >= 4 is 39.1 Å². The molecule has 1 heterocycles. The number of hydrogen-bond acceptors (Lipinski definition) is 4. The number of methoxy groups -OCH3 is 1. The first kappa shape index (κ1) is 21.4. The minimum Gasteiger partial charge on any atom is -0.383 e. The van der Waals surface area contributed by atoms with Gasteiger partial charge in [-0.25, -0.2) is 12.7 Å². The number of benzene rings is 1. The molecule has 1 aliphatic heterocycles. The van der Waals surface area contributed by atoms with Crippen molar-refractivity contribution in [2.45, 2.75) is 31.6 Å². The van der Waals surface area contributed by atoms with Crippen molar-refractivity contribution < 1.29 is 17.9 Å². The maximum absolute atomic E-state index is 12.8. The number of carbonyl (C=O) groups excluding carboxylic acids is 1. The molecule has 2 atom stereocenters. The Hall–Kier alpha value is -0.860. The zero-order chi connectivity index (χ0) is 19.3. The molecule has 0 radical (unpaired) electrons. The summed E-state index contributed by atoms with van der Waals surface area (Å²) in [5.74, 6) is -0.713. The van der Waals surface area contributed by atoms with E-state index in [1.54, 1.807) is 19.2 Å². The zero-order valence-corrected chi connectivity index (χ0v) is 17.2. The minimum absolute atomic E-state index is 0.118. The largest absolute Gasteiger partial charge is 0.383 e. The first-order valence-corrected chi connectivity index (χ1v) is 10.8. The summed E-state index contributed by atoms with van der Waals surface area (Å²) in [6, 6.07) is 4.63. The summed E-state index contributed by atoms with van der Waals surface area (Å²) >= 11 is 12.0. The van der Waals surface area contributed by atoms with Crippen LogP contribution in [0.3, 0.4) is 0 Å². The molecule has 1 fully saturated rings. The van der Waals surface area contributed by atoms with E-state index in [0.29, 0.717) is 41.6 Å². The second kappa shape index (κ2) is 9.37. The van der Waals surface area contributed by atoms with E-state index < -0.39 is 10.0 Å². The van der Waals surface area contributed by atoms with Gasteiger partial charge < -0.3 is 10.1 Å². The van der Waals surface area contributed by atoms with Gasteiger partial charge in [-0.1, -0.05) is 29.3 Å². The minimum atomic E-state index is -3.58. The molecule has 146 valence electrons. The van der Waals surface area contributed by atoms with Crippen molar-refractivity contribution in [3.63, 3.8) is 0 Å². The number of sulfonamides is 1. The van der Waals surface area contributed by atoms with Crippen molar-refractivity contribution in [1.29, 1.82) is 0 Å². The van der Waals surface area contributed by atoms with Gasteiger partial charge in [-0.3, -0.25) is 4.79 Å². The number of amides is 1. The number of carbonyl (C=O) groups is 1. The highest BCUT2D eigenvalue weighted by Crippen LogP contribution is 2.26. The zero-order valence-electron chi connectivity index (χ0n) is 14.9. The maximum Gasteiger partial charge on any atom is 0.224 e. The van der Waals surface area contributed by atoms with E-state index in [2.05, 4.69) is 5.32 Å². The number of rotatable bonds is 7. The quantitative estimate of drug-likeness (QED) is 0.732. The van der Waals surface area contributed by atoms with E-state index in [0.717, 1.165) is 0 Å². The van der Waals surface area contributed by atoms with Crippen LogP contribution in [0.25, 0.3) is 0 Å². The molecule has 26 heavy (non-hydrogen) atoms. The monoisotopic (exact) mass is 422 g/mol. The normalized spacial score (nSPS) is 19.9. The fourth-order valence-corrected chi connectivity index (χ4v) is 5.18. The number of nitrogens with zero attached hydrogens (tertiary/aromatic N) is 1. The van der Waals surface area contributed by atoms with Crippen LogP contribution < -0.4 is 5.32 Å². The predicted octanol–water partition coefficient (Wildman–Crippen LogP) is 2.69. The summed E-state index contributed by atoms with van der Waals surface area (Å²) < 4.78 is 31.9. The van der Waals surface area contributed by atoms with Gasteiger partial charge in [-0.05, 0) is 37.5 Å². The topological polar surface area (TPSA) is 75.7 Å². The Morgan fingerprint density at radius 3 is 2.81 bits per heavy atom. The lowest BCUT2D eigenvalue weighted by Crippen LogP contribution is -2.48.